The molecule has 78 valence electrons. The molecule has 0 amide bonds. The first-order valence-electron chi connectivity index (χ1n) is 4.18. The third kappa shape index (κ3) is 2.42. The molecule has 4 heteroatoms. The number of halogens is 3. The van der Waals surface area contributed by atoms with Crippen molar-refractivity contribution in [1.29, 1.82) is 0 Å². The van der Waals surface area contributed by atoms with E-state index in [0.717, 1.165) is 6.92 Å². The zero-order valence-electron chi connectivity index (χ0n) is 7.89. The van der Waals surface area contributed by atoms with Gasteiger partial charge in [-0.1, -0.05) is 23.7 Å². The number of benzene rings is 1. The Kier molecular flexibility index (Phi) is 3.12. The summed E-state index contributed by atoms with van der Waals surface area (Å²) in [5.41, 5.74) is 0.312. The maximum absolute atomic E-state index is 12.8. The first-order valence-corrected chi connectivity index (χ1v) is 4.56. The number of rotatable bonds is 2. The van der Waals surface area contributed by atoms with Gasteiger partial charge in [-0.05, 0) is 18.6 Å². The fourth-order valence-electron chi connectivity index (χ4n) is 1.14. The Morgan fingerprint density at radius 2 is 2.00 bits per heavy atom. The highest BCUT2D eigenvalue weighted by molar-refractivity contribution is 6.31. The average Bonchev–Trinajstić information content (AvgIpc) is 2.01. The lowest BCUT2D eigenvalue weighted by atomic mass is 10.0. The van der Waals surface area contributed by atoms with Crippen LogP contribution >= 0.6 is 11.6 Å². The highest BCUT2D eigenvalue weighted by Crippen LogP contribution is 2.32. The fourth-order valence-corrected chi connectivity index (χ4v) is 1.48. The van der Waals surface area contributed by atoms with E-state index in [1.54, 1.807) is 0 Å². The van der Waals surface area contributed by atoms with Crippen molar-refractivity contribution in [2.24, 2.45) is 0 Å². The van der Waals surface area contributed by atoms with Gasteiger partial charge in [0.1, 0.15) is 0 Å². The molecule has 1 atom stereocenters. The summed E-state index contributed by atoms with van der Waals surface area (Å²) in [5, 5.41) is 9.39. The molecule has 0 heterocycles. The zero-order valence-corrected chi connectivity index (χ0v) is 8.65. The first-order chi connectivity index (χ1) is 6.32. The lowest BCUT2D eigenvalue weighted by Gasteiger charge is -2.13. The minimum atomic E-state index is -2.90. The normalized spacial score (nSPS) is 14.1. The van der Waals surface area contributed by atoms with Gasteiger partial charge in [0, 0.05) is 17.5 Å². The summed E-state index contributed by atoms with van der Waals surface area (Å²) in [5.74, 6) is -2.90. The molecule has 0 fully saturated rings. The molecule has 1 rings (SSSR count). The van der Waals surface area contributed by atoms with Gasteiger partial charge in [0.2, 0.25) is 0 Å². The van der Waals surface area contributed by atoms with Crippen LogP contribution in [-0.2, 0) is 5.92 Å². The predicted molar refractivity (Wildman–Crippen MR) is 51.7 cm³/mol. The summed E-state index contributed by atoms with van der Waals surface area (Å²) in [6, 6.07) is 3.87. The van der Waals surface area contributed by atoms with E-state index in [9.17, 15) is 13.9 Å². The molecule has 0 aromatic heterocycles. The minimum absolute atomic E-state index is 0.146. The summed E-state index contributed by atoms with van der Waals surface area (Å²) in [6.07, 6.45) is -0.748. The largest absolute Gasteiger partial charge is 0.389 e. The van der Waals surface area contributed by atoms with Gasteiger partial charge in [0.05, 0.1) is 6.10 Å². The predicted octanol–water partition coefficient (Wildman–Crippen LogP) is 3.51. The molecule has 0 aliphatic rings. The molecule has 1 unspecified atom stereocenters. The van der Waals surface area contributed by atoms with Gasteiger partial charge >= 0.3 is 0 Å². The van der Waals surface area contributed by atoms with Crippen molar-refractivity contribution in [2.45, 2.75) is 25.9 Å². The Bertz CT molecular complexity index is 331. The highest BCUT2D eigenvalue weighted by atomic mass is 35.5. The number of aliphatic hydroxyl groups is 1. The van der Waals surface area contributed by atoms with E-state index in [-0.39, 0.29) is 10.6 Å². The molecule has 0 saturated heterocycles. The highest BCUT2D eigenvalue weighted by Gasteiger charge is 2.25. The molecule has 1 aromatic rings. The van der Waals surface area contributed by atoms with Crippen molar-refractivity contribution in [2.75, 3.05) is 0 Å². The monoisotopic (exact) mass is 220 g/mol. The standard InChI is InChI=1S/C10H11ClF2O/c1-6(14)8-4-3-7(5-9(8)11)10(2,12)13/h3-6,14H,1-2H3. The van der Waals surface area contributed by atoms with Crippen LogP contribution < -0.4 is 0 Å². The molecule has 0 spiro atoms. The van der Waals surface area contributed by atoms with Crippen LogP contribution in [-0.4, -0.2) is 5.11 Å². The lowest BCUT2D eigenvalue weighted by Crippen LogP contribution is -2.07. The maximum atomic E-state index is 12.8. The van der Waals surface area contributed by atoms with Gasteiger partial charge in [0.25, 0.3) is 5.92 Å². The van der Waals surface area contributed by atoms with Crippen molar-refractivity contribution in [3.05, 3.63) is 34.3 Å². The Morgan fingerprint density at radius 1 is 1.43 bits per heavy atom. The second kappa shape index (κ2) is 3.83. The SMILES string of the molecule is CC(O)c1ccc(C(C)(F)F)cc1Cl. The van der Waals surface area contributed by atoms with Crippen LogP contribution in [0, 0.1) is 0 Å². The third-order valence-electron chi connectivity index (χ3n) is 1.96. The van der Waals surface area contributed by atoms with Gasteiger partial charge in [-0.25, -0.2) is 8.78 Å². The number of hydrogen-bond acceptors (Lipinski definition) is 1. The molecule has 0 saturated carbocycles. The first kappa shape index (κ1) is 11.4. The Morgan fingerprint density at radius 3 is 2.36 bits per heavy atom. The van der Waals surface area contributed by atoms with Crippen molar-refractivity contribution in [3.8, 4) is 0 Å². The maximum Gasteiger partial charge on any atom is 0.270 e. The summed E-state index contributed by atoms with van der Waals surface area (Å²) in [4.78, 5) is 0. The van der Waals surface area contributed by atoms with Crippen LogP contribution in [0.4, 0.5) is 8.78 Å². The van der Waals surface area contributed by atoms with E-state index in [4.69, 9.17) is 11.6 Å². The molecule has 0 aliphatic heterocycles. The van der Waals surface area contributed by atoms with Crippen molar-refractivity contribution >= 4 is 11.6 Å². The zero-order chi connectivity index (χ0) is 10.9. The molecule has 14 heavy (non-hydrogen) atoms. The Hall–Kier alpha value is -0.670. The van der Waals surface area contributed by atoms with Crippen LogP contribution in [0.1, 0.15) is 31.1 Å². The van der Waals surface area contributed by atoms with E-state index in [1.165, 1.54) is 25.1 Å². The van der Waals surface area contributed by atoms with Gasteiger partial charge < -0.3 is 5.11 Å². The molecule has 1 N–H and O–H groups in total. The molecular formula is C10H11ClF2O. The lowest BCUT2D eigenvalue weighted by molar-refractivity contribution is 0.0174. The summed E-state index contributed by atoms with van der Waals surface area (Å²) in [7, 11) is 0. The van der Waals surface area contributed by atoms with Crippen LogP contribution in [0.2, 0.25) is 5.02 Å². The summed E-state index contributed by atoms with van der Waals surface area (Å²) < 4.78 is 25.7. The van der Waals surface area contributed by atoms with Gasteiger partial charge in [0.15, 0.2) is 0 Å². The molecule has 0 bridgehead atoms. The summed E-state index contributed by atoms with van der Waals surface area (Å²) in [6.45, 7) is 2.34. The second-order valence-electron chi connectivity index (χ2n) is 3.30. The fraction of sp³-hybridized carbons (Fsp3) is 0.400. The smallest absolute Gasteiger partial charge is 0.270 e. The van der Waals surface area contributed by atoms with E-state index >= 15 is 0 Å². The van der Waals surface area contributed by atoms with E-state index in [0.29, 0.717) is 5.56 Å². The molecule has 0 aliphatic carbocycles. The molecule has 1 aromatic carbocycles. The Labute approximate surface area is 86.3 Å². The van der Waals surface area contributed by atoms with Gasteiger partial charge in [-0.15, -0.1) is 0 Å². The Balaban J connectivity index is 3.13. The van der Waals surface area contributed by atoms with Crippen molar-refractivity contribution < 1.29 is 13.9 Å². The van der Waals surface area contributed by atoms with Crippen molar-refractivity contribution in [3.63, 3.8) is 0 Å². The number of hydrogen-bond donors (Lipinski definition) is 1. The van der Waals surface area contributed by atoms with E-state index in [2.05, 4.69) is 0 Å². The van der Waals surface area contributed by atoms with Crippen LogP contribution in [0.15, 0.2) is 18.2 Å². The van der Waals surface area contributed by atoms with E-state index < -0.39 is 12.0 Å². The second-order valence-corrected chi connectivity index (χ2v) is 3.71. The molecule has 1 nitrogen and oxygen atoms in total. The number of alkyl halides is 2. The summed E-state index contributed by atoms with van der Waals surface area (Å²) >= 11 is 5.74. The molecule has 0 radical (unpaired) electrons. The minimum Gasteiger partial charge on any atom is -0.389 e. The average molecular weight is 221 g/mol. The van der Waals surface area contributed by atoms with Crippen molar-refractivity contribution in [1.82, 2.24) is 0 Å². The number of aliphatic hydroxyl groups excluding tert-OH is 1. The van der Waals surface area contributed by atoms with Crippen LogP contribution in [0.25, 0.3) is 0 Å². The topological polar surface area (TPSA) is 20.2 Å². The third-order valence-corrected chi connectivity index (χ3v) is 2.28. The van der Waals surface area contributed by atoms with Gasteiger partial charge in [-0.2, -0.15) is 0 Å². The van der Waals surface area contributed by atoms with Gasteiger partial charge in [-0.3, -0.25) is 0 Å². The molecular weight excluding hydrogens is 210 g/mol. The van der Waals surface area contributed by atoms with Crippen LogP contribution in [0.3, 0.4) is 0 Å². The quantitative estimate of drug-likeness (QED) is 0.809. The van der Waals surface area contributed by atoms with E-state index in [1.807, 2.05) is 0 Å². The van der Waals surface area contributed by atoms with Crippen LogP contribution in [0.5, 0.6) is 0 Å².